The molecule has 0 aromatic heterocycles. The van der Waals surface area contributed by atoms with E-state index in [1.165, 1.54) is 6.92 Å². The average Bonchev–Trinajstić information content (AvgIpc) is 3.09. The smallest absolute Gasteiger partial charge is 0.411 e. The zero-order valence-corrected chi connectivity index (χ0v) is 12.0. The second-order valence-corrected chi connectivity index (χ2v) is 5.41. The van der Waals surface area contributed by atoms with Crippen molar-refractivity contribution < 1.29 is 27.4 Å². The minimum Gasteiger partial charge on any atom is -0.465 e. The molecule has 1 fully saturated rings. The summed E-state index contributed by atoms with van der Waals surface area (Å²) in [5.41, 5.74) is -1.01. The van der Waals surface area contributed by atoms with Crippen molar-refractivity contribution in [2.45, 2.75) is 63.9 Å². The summed E-state index contributed by atoms with van der Waals surface area (Å²) in [7, 11) is 0. The fraction of sp³-hybridized carbons (Fsp3) is 0.923. The quantitative estimate of drug-likeness (QED) is 0.699. The van der Waals surface area contributed by atoms with E-state index in [1.54, 1.807) is 13.8 Å². The molecule has 2 atom stereocenters. The van der Waals surface area contributed by atoms with Gasteiger partial charge in [0.25, 0.3) is 0 Å². The Morgan fingerprint density at radius 2 is 2.00 bits per heavy atom. The highest BCUT2D eigenvalue weighted by molar-refractivity contribution is 5.80. The van der Waals surface area contributed by atoms with Crippen molar-refractivity contribution in [3.05, 3.63) is 0 Å². The molecular formula is C13H22F3NO3. The van der Waals surface area contributed by atoms with Gasteiger partial charge in [-0.05, 0) is 33.6 Å². The van der Waals surface area contributed by atoms with Gasteiger partial charge in [0.05, 0.1) is 12.7 Å². The van der Waals surface area contributed by atoms with E-state index < -0.39 is 30.4 Å². The van der Waals surface area contributed by atoms with Crippen molar-refractivity contribution >= 4 is 5.97 Å². The summed E-state index contributed by atoms with van der Waals surface area (Å²) in [5.74, 6) is -0.450. The van der Waals surface area contributed by atoms with Crippen molar-refractivity contribution in [3.8, 4) is 0 Å². The topological polar surface area (TPSA) is 47.6 Å². The Balaban J connectivity index is 2.56. The molecule has 1 aliphatic rings. The Hall–Kier alpha value is -0.820. The zero-order chi connectivity index (χ0) is 15.4. The highest BCUT2D eigenvalue weighted by Gasteiger charge is 2.41. The van der Waals surface area contributed by atoms with Crippen LogP contribution in [-0.2, 0) is 14.3 Å². The maximum Gasteiger partial charge on any atom is 0.411 e. The van der Waals surface area contributed by atoms with Gasteiger partial charge < -0.3 is 9.47 Å². The number of nitrogens with one attached hydrogen (secondary N) is 1. The van der Waals surface area contributed by atoms with Crippen LogP contribution in [-0.4, -0.2) is 43.0 Å². The molecule has 1 saturated carbocycles. The van der Waals surface area contributed by atoms with Gasteiger partial charge in [0.1, 0.15) is 12.1 Å². The first kappa shape index (κ1) is 17.2. The summed E-state index contributed by atoms with van der Waals surface area (Å²) in [6, 6.07) is 0.235. The van der Waals surface area contributed by atoms with Crippen LogP contribution in [0, 0.1) is 0 Å². The number of hydrogen-bond acceptors (Lipinski definition) is 4. The van der Waals surface area contributed by atoms with E-state index >= 15 is 0 Å². The van der Waals surface area contributed by atoms with Gasteiger partial charge in [-0.2, -0.15) is 13.2 Å². The van der Waals surface area contributed by atoms with E-state index in [2.05, 4.69) is 5.32 Å². The molecule has 0 spiro atoms. The number of carbonyl (C=O) groups excluding carboxylic acids is 1. The predicted molar refractivity (Wildman–Crippen MR) is 67.3 cm³/mol. The number of ether oxygens (including phenoxy) is 2. The minimum atomic E-state index is -4.36. The third kappa shape index (κ3) is 6.09. The lowest BCUT2D eigenvalue weighted by Gasteiger charge is -2.31. The molecule has 0 amide bonds. The maximum absolute atomic E-state index is 12.1. The van der Waals surface area contributed by atoms with Crippen LogP contribution in [0.3, 0.4) is 0 Å². The van der Waals surface area contributed by atoms with E-state index in [4.69, 9.17) is 9.47 Å². The van der Waals surface area contributed by atoms with Crippen LogP contribution in [0.2, 0.25) is 0 Å². The lowest BCUT2D eigenvalue weighted by molar-refractivity contribution is -0.186. The van der Waals surface area contributed by atoms with Gasteiger partial charge in [-0.1, -0.05) is 0 Å². The fourth-order valence-corrected chi connectivity index (χ4v) is 2.04. The van der Waals surface area contributed by atoms with Crippen LogP contribution < -0.4 is 5.32 Å². The standard InChI is InChI=1S/C13H22F3NO3/c1-4-19-11(18)12(3,17-10-5-6-10)7-9(2)20-8-13(14,15)16/h9-10,17H,4-8H2,1-3H3. The first-order chi connectivity index (χ1) is 9.16. The lowest BCUT2D eigenvalue weighted by Crippen LogP contribution is -2.53. The van der Waals surface area contributed by atoms with Gasteiger partial charge in [-0.15, -0.1) is 0 Å². The molecule has 0 heterocycles. The number of carbonyl (C=O) groups is 1. The first-order valence-electron chi connectivity index (χ1n) is 6.79. The number of esters is 1. The third-order valence-electron chi connectivity index (χ3n) is 3.05. The molecule has 4 nitrogen and oxygen atoms in total. The molecule has 1 rings (SSSR count). The second kappa shape index (κ2) is 6.76. The van der Waals surface area contributed by atoms with Crippen molar-refractivity contribution in [3.63, 3.8) is 0 Å². The Bertz CT molecular complexity index is 331. The van der Waals surface area contributed by atoms with Crippen molar-refractivity contribution in [2.75, 3.05) is 13.2 Å². The van der Waals surface area contributed by atoms with E-state index in [0.717, 1.165) is 12.8 Å². The van der Waals surface area contributed by atoms with Crippen LogP contribution in [0.5, 0.6) is 0 Å². The molecular weight excluding hydrogens is 275 g/mol. The summed E-state index contributed by atoms with van der Waals surface area (Å²) < 4.78 is 46.1. The highest BCUT2D eigenvalue weighted by Crippen LogP contribution is 2.27. The highest BCUT2D eigenvalue weighted by atomic mass is 19.4. The number of alkyl halides is 3. The average molecular weight is 297 g/mol. The Kier molecular flexibility index (Phi) is 5.82. The molecule has 0 aromatic rings. The second-order valence-electron chi connectivity index (χ2n) is 5.41. The van der Waals surface area contributed by atoms with Gasteiger partial charge >= 0.3 is 12.1 Å². The zero-order valence-electron chi connectivity index (χ0n) is 12.0. The minimum absolute atomic E-state index is 0.137. The SMILES string of the molecule is CCOC(=O)C(C)(CC(C)OCC(F)(F)F)NC1CC1. The third-order valence-corrected chi connectivity index (χ3v) is 3.05. The number of halogens is 3. The molecule has 0 saturated heterocycles. The Morgan fingerprint density at radius 1 is 1.40 bits per heavy atom. The summed E-state index contributed by atoms with van der Waals surface area (Å²) in [4.78, 5) is 12.0. The number of hydrogen-bond donors (Lipinski definition) is 1. The van der Waals surface area contributed by atoms with Gasteiger partial charge in [-0.3, -0.25) is 10.1 Å². The fourth-order valence-electron chi connectivity index (χ4n) is 2.04. The summed E-state index contributed by atoms with van der Waals surface area (Å²) in [6.07, 6.45) is -2.99. The van der Waals surface area contributed by atoms with E-state index in [0.29, 0.717) is 0 Å². The lowest BCUT2D eigenvalue weighted by atomic mass is 9.94. The van der Waals surface area contributed by atoms with Crippen molar-refractivity contribution in [1.29, 1.82) is 0 Å². The summed E-state index contributed by atoms with van der Waals surface area (Å²) >= 11 is 0. The maximum atomic E-state index is 12.1. The molecule has 118 valence electrons. The van der Waals surface area contributed by atoms with E-state index in [9.17, 15) is 18.0 Å². The van der Waals surface area contributed by atoms with Crippen molar-refractivity contribution in [1.82, 2.24) is 5.32 Å². The molecule has 0 aromatic carbocycles. The molecule has 1 N–H and O–H groups in total. The largest absolute Gasteiger partial charge is 0.465 e. The van der Waals surface area contributed by atoms with Gasteiger partial charge in [0.15, 0.2) is 0 Å². The molecule has 2 unspecified atom stereocenters. The van der Waals surface area contributed by atoms with Crippen LogP contribution >= 0.6 is 0 Å². The first-order valence-corrected chi connectivity index (χ1v) is 6.79. The monoisotopic (exact) mass is 297 g/mol. The molecule has 7 heteroatoms. The van der Waals surface area contributed by atoms with Crippen LogP contribution in [0.15, 0.2) is 0 Å². The van der Waals surface area contributed by atoms with Crippen LogP contribution in [0.4, 0.5) is 13.2 Å². The molecule has 0 bridgehead atoms. The number of rotatable bonds is 8. The van der Waals surface area contributed by atoms with Gasteiger partial charge in [0, 0.05) is 12.5 Å². The Morgan fingerprint density at radius 3 is 2.45 bits per heavy atom. The molecule has 20 heavy (non-hydrogen) atoms. The van der Waals surface area contributed by atoms with Crippen molar-refractivity contribution in [2.24, 2.45) is 0 Å². The van der Waals surface area contributed by atoms with E-state index in [-0.39, 0.29) is 19.1 Å². The summed E-state index contributed by atoms with van der Waals surface area (Å²) in [5, 5.41) is 3.14. The van der Waals surface area contributed by atoms with E-state index in [1.807, 2.05) is 0 Å². The normalized spacial score (nSPS) is 20.3. The predicted octanol–water partition coefficient (Wildman–Crippen LogP) is 2.42. The van der Waals surface area contributed by atoms with Gasteiger partial charge in [0.2, 0.25) is 0 Å². The van der Waals surface area contributed by atoms with Crippen LogP contribution in [0.25, 0.3) is 0 Å². The molecule has 0 aliphatic heterocycles. The summed E-state index contributed by atoms with van der Waals surface area (Å²) in [6.45, 7) is 3.79. The molecule has 0 radical (unpaired) electrons. The van der Waals surface area contributed by atoms with Gasteiger partial charge in [-0.25, -0.2) is 0 Å². The van der Waals surface area contributed by atoms with Crippen LogP contribution in [0.1, 0.15) is 40.0 Å². The Labute approximate surface area is 117 Å². The molecule has 1 aliphatic carbocycles.